The molecule has 2 amide bonds. The van der Waals surface area contributed by atoms with E-state index >= 15 is 0 Å². The Bertz CT molecular complexity index is 320. The maximum atomic E-state index is 11.8. The van der Waals surface area contributed by atoms with Crippen LogP contribution in [0.4, 0.5) is 4.79 Å². The zero-order valence-corrected chi connectivity index (χ0v) is 12.7. The molecule has 3 atom stereocenters. The summed E-state index contributed by atoms with van der Waals surface area (Å²) in [6, 6.07) is 0.178. The van der Waals surface area contributed by atoms with Gasteiger partial charge < -0.3 is 15.7 Å². The van der Waals surface area contributed by atoms with Crippen molar-refractivity contribution in [3.8, 4) is 0 Å². The van der Waals surface area contributed by atoms with Crippen molar-refractivity contribution in [2.75, 3.05) is 6.54 Å². The highest BCUT2D eigenvalue weighted by Crippen LogP contribution is 2.26. The maximum absolute atomic E-state index is 11.8. The van der Waals surface area contributed by atoms with Crippen molar-refractivity contribution in [3.05, 3.63) is 0 Å². The van der Waals surface area contributed by atoms with Gasteiger partial charge in [0.15, 0.2) is 0 Å². The van der Waals surface area contributed by atoms with Crippen LogP contribution < -0.4 is 10.6 Å². The van der Waals surface area contributed by atoms with Gasteiger partial charge in [-0.2, -0.15) is 0 Å². The van der Waals surface area contributed by atoms with E-state index in [9.17, 15) is 9.59 Å². The second-order valence-electron chi connectivity index (χ2n) is 6.03. The molecule has 20 heavy (non-hydrogen) atoms. The summed E-state index contributed by atoms with van der Waals surface area (Å²) in [5.41, 5.74) is 0. The minimum absolute atomic E-state index is 0.117. The smallest absolute Gasteiger partial charge is 0.315 e. The SMILES string of the molecule is CCC1CCCC(NC(=O)NCC(C)CCC(=O)O)C1. The number of aliphatic carboxylic acids is 1. The Balaban J connectivity index is 2.17. The summed E-state index contributed by atoms with van der Waals surface area (Å²) in [6.07, 6.45) is 6.56. The molecule has 0 aliphatic heterocycles. The third-order valence-electron chi connectivity index (χ3n) is 4.16. The summed E-state index contributed by atoms with van der Waals surface area (Å²) < 4.78 is 0. The van der Waals surface area contributed by atoms with Crippen LogP contribution in [0.15, 0.2) is 0 Å². The monoisotopic (exact) mass is 284 g/mol. The molecule has 0 aromatic heterocycles. The molecular formula is C15H28N2O3. The molecule has 0 aromatic carbocycles. The zero-order chi connectivity index (χ0) is 15.0. The van der Waals surface area contributed by atoms with E-state index < -0.39 is 5.97 Å². The normalized spacial score (nSPS) is 23.9. The molecule has 1 rings (SSSR count). The molecule has 3 unspecified atom stereocenters. The van der Waals surface area contributed by atoms with Crippen LogP contribution in [0, 0.1) is 11.8 Å². The highest BCUT2D eigenvalue weighted by molar-refractivity contribution is 5.74. The number of nitrogens with one attached hydrogen (secondary N) is 2. The quantitative estimate of drug-likeness (QED) is 0.672. The van der Waals surface area contributed by atoms with Crippen molar-refractivity contribution in [3.63, 3.8) is 0 Å². The van der Waals surface area contributed by atoms with Gasteiger partial charge >= 0.3 is 12.0 Å². The summed E-state index contributed by atoms with van der Waals surface area (Å²) >= 11 is 0. The highest BCUT2D eigenvalue weighted by atomic mass is 16.4. The Morgan fingerprint density at radius 3 is 2.75 bits per heavy atom. The molecule has 0 heterocycles. The van der Waals surface area contributed by atoms with E-state index in [0.29, 0.717) is 19.0 Å². The lowest BCUT2D eigenvalue weighted by Gasteiger charge is -2.29. The summed E-state index contributed by atoms with van der Waals surface area (Å²) in [6.45, 7) is 4.69. The van der Waals surface area contributed by atoms with Gasteiger partial charge in [-0.1, -0.05) is 33.1 Å². The van der Waals surface area contributed by atoms with E-state index in [2.05, 4.69) is 17.6 Å². The lowest BCUT2D eigenvalue weighted by Crippen LogP contribution is -2.45. The number of amides is 2. The average molecular weight is 284 g/mol. The van der Waals surface area contributed by atoms with Crippen molar-refractivity contribution in [1.29, 1.82) is 0 Å². The highest BCUT2D eigenvalue weighted by Gasteiger charge is 2.22. The van der Waals surface area contributed by atoms with Gasteiger partial charge in [-0.3, -0.25) is 4.79 Å². The number of hydrogen-bond acceptors (Lipinski definition) is 2. The Hall–Kier alpha value is -1.26. The lowest BCUT2D eigenvalue weighted by atomic mass is 9.84. The van der Waals surface area contributed by atoms with Crippen LogP contribution in [0.3, 0.4) is 0 Å². The summed E-state index contributed by atoms with van der Waals surface area (Å²) in [5, 5.41) is 14.5. The average Bonchev–Trinajstić information content (AvgIpc) is 2.43. The van der Waals surface area contributed by atoms with Crippen molar-refractivity contribution in [1.82, 2.24) is 10.6 Å². The van der Waals surface area contributed by atoms with Gasteiger partial charge in [-0.25, -0.2) is 4.79 Å². The second kappa shape index (κ2) is 8.82. The van der Waals surface area contributed by atoms with Gasteiger partial charge in [0, 0.05) is 19.0 Å². The number of carbonyl (C=O) groups excluding carboxylic acids is 1. The summed E-state index contributed by atoms with van der Waals surface area (Å²) in [5.74, 6) is 0.143. The number of carboxylic acids is 1. The Morgan fingerprint density at radius 2 is 2.10 bits per heavy atom. The van der Waals surface area contributed by atoms with E-state index in [4.69, 9.17) is 5.11 Å². The Labute approximate surface area is 121 Å². The molecule has 0 aromatic rings. The van der Waals surface area contributed by atoms with Gasteiger partial charge in [0.1, 0.15) is 0 Å². The molecule has 0 bridgehead atoms. The van der Waals surface area contributed by atoms with Gasteiger partial charge in [0.05, 0.1) is 0 Å². The van der Waals surface area contributed by atoms with Crippen LogP contribution in [0.2, 0.25) is 0 Å². The molecule has 5 nitrogen and oxygen atoms in total. The van der Waals surface area contributed by atoms with Gasteiger partial charge in [0.25, 0.3) is 0 Å². The van der Waals surface area contributed by atoms with Crippen LogP contribution in [0.1, 0.15) is 58.8 Å². The Morgan fingerprint density at radius 1 is 1.35 bits per heavy atom. The van der Waals surface area contributed by atoms with Gasteiger partial charge in [-0.15, -0.1) is 0 Å². The Kier molecular flexibility index (Phi) is 7.41. The second-order valence-corrected chi connectivity index (χ2v) is 6.03. The van der Waals surface area contributed by atoms with E-state index in [1.807, 2.05) is 6.92 Å². The van der Waals surface area contributed by atoms with Crippen molar-refractivity contribution < 1.29 is 14.7 Å². The fourth-order valence-corrected chi connectivity index (χ4v) is 2.77. The number of hydrogen-bond donors (Lipinski definition) is 3. The molecule has 3 N–H and O–H groups in total. The molecule has 116 valence electrons. The molecular weight excluding hydrogens is 256 g/mol. The predicted molar refractivity (Wildman–Crippen MR) is 78.6 cm³/mol. The van der Waals surface area contributed by atoms with E-state index in [1.54, 1.807) is 0 Å². The standard InChI is InChI=1S/C15H28N2O3/c1-3-12-5-4-6-13(9-12)17-15(20)16-10-11(2)7-8-14(18)19/h11-13H,3-10H2,1-2H3,(H,18,19)(H2,16,17,20). The van der Waals surface area contributed by atoms with Crippen LogP contribution in [0.5, 0.6) is 0 Å². The molecule has 5 heteroatoms. The minimum Gasteiger partial charge on any atom is -0.481 e. The van der Waals surface area contributed by atoms with Crippen LogP contribution in [-0.4, -0.2) is 29.7 Å². The van der Waals surface area contributed by atoms with Crippen molar-refractivity contribution >= 4 is 12.0 Å². The lowest BCUT2D eigenvalue weighted by molar-refractivity contribution is -0.137. The first-order chi connectivity index (χ1) is 9.51. The fraction of sp³-hybridized carbons (Fsp3) is 0.867. The van der Waals surface area contributed by atoms with Gasteiger partial charge in [-0.05, 0) is 31.1 Å². The van der Waals surface area contributed by atoms with Gasteiger partial charge in [0.2, 0.25) is 0 Å². The topological polar surface area (TPSA) is 78.4 Å². The van der Waals surface area contributed by atoms with Crippen LogP contribution in [0.25, 0.3) is 0 Å². The van der Waals surface area contributed by atoms with E-state index in [0.717, 1.165) is 18.8 Å². The largest absolute Gasteiger partial charge is 0.481 e. The summed E-state index contributed by atoms with van der Waals surface area (Å²) in [7, 11) is 0. The first-order valence-corrected chi connectivity index (χ1v) is 7.77. The third kappa shape index (κ3) is 6.78. The number of carboxylic acid groups (broad SMARTS) is 1. The number of carbonyl (C=O) groups is 2. The van der Waals surface area contributed by atoms with E-state index in [1.165, 1.54) is 19.3 Å². The zero-order valence-electron chi connectivity index (χ0n) is 12.7. The molecule has 1 aliphatic rings. The summed E-state index contributed by atoms with van der Waals surface area (Å²) in [4.78, 5) is 22.3. The fourth-order valence-electron chi connectivity index (χ4n) is 2.77. The number of rotatable bonds is 7. The maximum Gasteiger partial charge on any atom is 0.315 e. The third-order valence-corrected chi connectivity index (χ3v) is 4.16. The molecule has 0 saturated heterocycles. The molecule has 1 aliphatic carbocycles. The van der Waals surface area contributed by atoms with Crippen LogP contribution in [-0.2, 0) is 4.79 Å². The molecule has 1 fully saturated rings. The molecule has 0 spiro atoms. The first kappa shape index (κ1) is 16.8. The van der Waals surface area contributed by atoms with E-state index in [-0.39, 0.29) is 18.4 Å². The molecule has 1 saturated carbocycles. The number of urea groups is 1. The molecule has 0 radical (unpaired) electrons. The minimum atomic E-state index is -0.783. The van der Waals surface area contributed by atoms with Crippen LogP contribution >= 0.6 is 0 Å². The first-order valence-electron chi connectivity index (χ1n) is 7.77. The predicted octanol–water partition coefficient (Wildman–Crippen LogP) is 2.76. The van der Waals surface area contributed by atoms with Crippen molar-refractivity contribution in [2.45, 2.75) is 64.8 Å². The van der Waals surface area contributed by atoms with Crippen molar-refractivity contribution in [2.24, 2.45) is 11.8 Å².